The highest BCUT2D eigenvalue weighted by Gasteiger charge is 2.20. The molecule has 0 fully saturated rings. The first-order valence-corrected chi connectivity index (χ1v) is 6.63. The molecule has 0 N–H and O–H groups in total. The summed E-state index contributed by atoms with van der Waals surface area (Å²) in [4.78, 5) is 22.8. The van der Waals surface area contributed by atoms with Gasteiger partial charge >= 0.3 is 11.9 Å². The molecule has 0 unspecified atom stereocenters. The lowest BCUT2D eigenvalue weighted by molar-refractivity contribution is -0.157. The lowest BCUT2D eigenvalue weighted by atomic mass is 10.2. The van der Waals surface area contributed by atoms with Crippen LogP contribution in [-0.4, -0.2) is 58.4 Å². The van der Waals surface area contributed by atoms with Crippen LogP contribution in [0.5, 0.6) is 0 Å². The minimum absolute atomic E-state index is 0.0136. The summed E-state index contributed by atoms with van der Waals surface area (Å²) < 4.78 is 24.9. The van der Waals surface area contributed by atoms with E-state index >= 15 is 0 Å². The van der Waals surface area contributed by atoms with E-state index in [1.54, 1.807) is 21.0 Å². The van der Waals surface area contributed by atoms with Crippen molar-refractivity contribution < 1.29 is 33.3 Å². The van der Waals surface area contributed by atoms with Gasteiger partial charge in [0.15, 0.2) is 0 Å². The molecular weight excluding hydrogens is 268 g/mol. The molecule has 0 aromatic rings. The summed E-state index contributed by atoms with van der Waals surface area (Å²) in [6, 6.07) is 0. The molecule has 0 aliphatic heterocycles. The van der Waals surface area contributed by atoms with E-state index in [9.17, 15) is 9.59 Å². The molecule has 0 bridgehead atoms. The highest BCUT2D eigenvalue weighted by atomic mass is 16.7. The van der Waals surface area contributed by atoms with E-state index in [-0.39, 0.29) is 32.8 Å². The van der Waals surface area contributed by atoms with Gasteiger partial charge in [0, 0.05) is 7.11 Å². The molecule has 0 amide bonds. The third-order valence-electron chi connectivity index (χ3n) is 2.22. The molecule has 0 radical (unpaired) electrons. The maximum absolute atomic E-state index is 11.4. The summed E-state index contributed by atoms with van der Waals surface area (Å²) in [6.45, 7) is 4.81. The Morgan fingerprint density at radius 3 is 1.95 bits per heavy atom. The van der Waals surface area contributed by atoms with Crippen molar-refractivity contribution in [2.24, 2.45) is 0 Å². The van der Waals surface area contributed by atoms with Gasteiger partial charge in [-0.1, -0.05) is 0 Å². The standard InChI is InChI=1S/C13H24O7/c1-4-18-12(14)8-11(9-13(15)19-5-2)20-10-17-7-6-16-3/h11H,4-10H2,1-3H3. The van der Waals surface area contributed by atoms with Gasteiger partial charge in [0.1, 0.15) is 6.79 Å². The van der Waals surface area contributed by atoms with Crippen LogP contribution in [0.1, 0.15) is 26.7 Å². The average Bonchev–Trinajstić information content (AvgIpc) is 2.38. The summed E-state index contributed by atoms with van der Waals surface area (Å²) in [7, 11) is 1.56. The third-order valence-corrected chi connectivity index (χ3v) is 2.22. The Hall–Kier alpha value is -1.18. The first kappa shape index (κ1) is 18.8. The average molecular weight is 292 g/mol. The number of carbonyl (C=O) groups excluding carboxylic acids is 2. The Morgan fingerprint density at radius 2 is 1.50 bits per heavy atom. The summed E-state index contributed by atoms with van der Waals surface area (Å²) >= 11 is 0. The quantitative estimate of drug-likeness (QED) is 0.300. The van der Waals surface area contributed by atoms with Crippen LogP contribution in [0.25, 0.3) is 0 Å². The SMILES string of the molecule is CCOC(=O)CC(CC(=O)OCC)OCOCCOC. The summed E-state index contributed by atoms with van der Waals surface area (Å²) in [5.74, 6) is -0.836. The minimum Gasteiger partial charge on any atom is -0.466 e. The number of hydrogen-bond acceptors (Lipinski definition) is 7. The van der Waals surface area contributed by atoms with Gasteiger partial charge in [-0.05, 0) is 13.8 Å². The molecule has 0 atom stereocenters. The summed E-state index contributed by atoms with van der Waals surface area (Å²) in [5, 5.41) is 0. The summed E-state index contributed by atoms with van der Waals surface area (Å²) in [6.07, 6.45) is -0.642. The Kier molecular flexibility index (Phi) is 12.1. The molecule has 0 heterocycles. The minimum atomic E-state index is -0.615. The smallest absolute Gasteiger partial charge is 0.308 e. The third kappa shape index (κ3) is 10.7. The zero-order valence-corrected chi connectivity index (χ0v) is 12.4. The zero-order chi connectivity index (χ0) is 15.2. The van der Waals surface area contributed by atoms with E-state index in [1.807, 2.05) is 0 Å². The lowest BCUT2D eigenvalue weighted by Gasteiger charge is -2.16. The molecule has 20 heavy (non-hydrogen) atoms. The Balaban J connectivity index is 4.10. The number of esters is 2. The molecule has 0 aliphatic carbocycles. The maximum Gasteiger partial charge on any atom is 0.308 e. The lowest BCUT2D eigenvalue weighted by Crippen LogP contribution is -2.25. The first-order chi connectivity index (χ1) is 9.63. The molecule has 0 aromatic carbocycles. The van der Waals surface area contributed by atoms with E-state index in [1.165, 1.54) is 0 Å². The number of rotatable bonds is 12. The predicted octanol–water partition coefficient (Wildman–Crippen LogP) is 0.898. The topological polar surface area (TPSA) is 80.3 Å². The molecule has 7 nitrogen and oxygen atoms in total. The van der Waals surface area contributed by atoms with Gasteiger partial charge in [-0.2, -0.15) is 0 Å². The molecule has 0 saturated heterocycles. The number of methoxy groups -OCH3 is 1. The molecule has 0 aromatic heterocycles. The van der Waals surface area contributed by atoms with Crippen molar-refractivity contribution in [2.75, 3.05) is 40.3 Å². The maximum atomic E-state index is 11.4. The van der Waals surface area contributed by atoms with Crippen molar-refractivity contribution in [3.05, 3.63) is 0 Å². The first-order valence-electron chi connectivity index (χ1n) is 6.63. The number of hydrogen-bond donors (Lipinski definition) is 0. The van der Waals surface area contributed by atoms with Crippen LogP contribution in [-0.2, 0) is 33.3 Å². The van der Waals surface area contributed by atoms with E-state index in [0.29, 0.717) is 13.2 Å². The van der Waals surface area contributed by atoms with E-state index in [0.717, 1.165) is 0 Å². The van der Waals surface area contributed by atoms with Gasteiger partial charge in [0.2, 0.25) is 0 Å². The van der Waals surface area contributed by atoms with Crippen LogP contribution in [0, 0.1) is 0 Å². The molecule has 0 rings (SSSR count). The molecule has 7 heteroatoms. The Labute approximate surface area is 119 Å². The zero-order valence-electron chi connectivity index (χ0n) is 12.4. The fraction of sp³-hybridized carbons (Fsp3) is 0.846. The Morgan fingerprint density at radius 1 is 0.950 bits per heavy atom. The van der Waals surface area contributed by atoms with Gasteiger partial charge in [-0.15, -0.1) is 0 Å². The van der Waals surface area contributed by atoms with Crippen molar-refractivity contribution in [3.8, 4) is 0 Å². The van der Waals surface area contributed by atoms with Crippen LogP contribution in [0.3, 0.4) is 0 Å². The monoisotopic (exact) mass is 292 g/mol. The molecule has 0 aliphatic rings. The van der Waals surface area contributed by atoms with Gasteiger partial charge < -0.3 is 23.7 Å². The predicted molar refractivity (Wildman–Crippen MR) is 70.1 cm³/mol. The van der Waals surface area contributed by atoms with Gasteiger partial charge in [-0.25, -0.2) is 0 Å². The second kappa shape index (κ2) is 12.8. The largest absolute Gasteiger partial charge is 0.466 e. The van der Waals surface area contributed by atoms with Crippen molar-refractivity contribution in [3.63, 3.8) is 0 Å². The van der Waals surface area contributed by atoms with Gasteiger partial charge in [0.05, 0.1) is 45.4 Å². The van der Waals surface area contributed by atoms with Crippen molar-refractivity contribution in [1.29, 1.82) is 0 Å². The van der Waals surface area contributed by atoms with Crippen LogP contribution < -0.4 is 0 Å². The molecule has 0 spiro atoms. The van der Waals surface area contributed by atoms with Gasteiger partial charge in [0.25, 0.3) is 0 Å². The summed E-state index contributed by atoms with van der Waals surface area (Å²) in [5.41, 5.74) is 0. The second-order valence-electron chi connectivity index (χ2n) is 3.83. The van der Waals surface area contributed by atoms with E-state index in [4.69, 9.17) is 23.7 Å². The fourth-order valence-electron chi connectivity index (χ4n) is 1.35. The highest BCUT2D eigenvalue weighted by molar-refractivity contribution is 5.73. The van der Waals surface area contributed by atoms with E-state index in [2.05, 4.69) is 0 Å². The van der Waals surface area contributed by atoms with Crippen LogP contribution >= 0.6 is 0 Å². The molecule has 118 valence electrons. The van der Waals surface area contributed by atoms with Gasteiger partial charge in [-0.3, -0.25) is 9.59 Å². The van der Waals surface area contributed by atoms with E-state index < -0.39 is 18.0 Å². The van der Waals surface area contributed by atoms with Crippen molar-refractivity contribution in [2.45, 2.75) is 32.8 Å². The molecule has 0 saturated carbocycles. The number of ether oxygens (including phenoxy) is 5. The Bertz CT molecular complexity index is 247. The normalized spacial score (nSPS) is 10.6. The second-order valence-corrected chi connectivity index (χ2v) is 3.83. The number of carbonyl (C=O) groups is 2. The van der Waals surface area contributed by atoms with Crippen molar-refractivity contribution >= 4 is 11.9 Å². The molecular formula is C13H24O7. The fourth-order valence-corrected chi connectivity index (χ4v) is 1.35. The van der Waals surface area contributed by atoms with Crippen LogP contribution in [0.4, 0.5) is 0 Å². The van der Waals surface area contributed by atoms with Crippen LogP contribution in [0.15, 0.2) is 0 Å². The van der Waals surface area contributed by atoms with Crippen molar-refractivity contribution in [1.82, 2.24) is 0 Å². The highest BCUT2D eigenvalue weighted by Crippen LogP contribution is 2.07. The van der Waals surface area contributed by atoms with Crippen LogP contribution in [0.2, 0.25) is 0 Å².